The summed E-state index contributed by atoms with van der Waals surface area (Å²) in [5, 5.41) is 0. The molecule has 6 heteroatoms. The van der Waals surface area contributed by atoms with Crippen molar-refractivity contribution in [2.75, 3.05) is 12.0 Å². The molecular weight excluding hydrogens is 318 g/mol. The van der Waals surface area contributed by atoms with Gasteiger partial charge in [0.25, 0.3) is 0 Å². The van der Waals surface area contributed by atoms with Gasteiger partial charge in [-0.15, -0.1) is 0 Å². The minimum absolute atomic E-state index is 0.759. The van der Waals surface area contributed by atoms with E-state index in [-0.39, 0.29) is 0 Å². The zero-order valence-electron chi connectivity index (χ0n) is 9.57. The number of aromatic amines is 1. The predicted molar refractivity (Wildman–Crippen MR) is 80.2 cm³/mol. The Bertz CT molecular complexity index is 561. The normalized spacial score (nSPS) is 11.2. The summed E-state index contributed by atoms with van der Waals surface area (Å²) in [5.74, 6) is 1.20. The molecule has 0 bridgehead atoms. The Kier molecular flexibility index (Phi) is 4.64. The largest absolute Gasteiger partial charge is 0.329 e. The second-order valence-electron chi connectivity index (χ2n) is 3.81. The van der Waals surface area contributed by atoms with E-state index < -0.39 is 0 Å². The number of unbranched alkanes of at least 4 members (excludes halogenated alkanes) is 1. The molecule has 2 aromatic heterocycles. The van der Waals surface area contributed by atoms with Gasteiger partial charge in [-0.25, -0.2) is 4.98 Å². The van der Waals surface area contributed by atoms with Crippen molar-refractivity contribution < 1.29 is 0 Å². The molecule has 2 rings (SSSR count). The Morgan fingerprint density at radius 1 is 1.53 bits per heavy atom. The number of halogens is 1. The van der Waals surface area contributed by atoms with Crippen molar-refractivity contribution in [3.05, 3.63) is 21.5 Å². The van der Waals surface area contributed by atoms with Gasteiger partial charge in [0.05, 0.1) is 5.52 Å². The first-order valence-corrected chi connectivity index (χ1v) is 8.05. The molecule has 17 heavy (non-hydrogen) atoms. The molecule has 92 valence electrons. The van der Waals surface area contributed by atoms with Gasteiger partial charge >= 0.3 is 0 Å². The maximum Gasteiger partial charge on any atom is 0.179 e. The lowest BCUT2D eigenvalue weighted by Crippen LogP contribution is -1.99. The molecule has 0 atom stereocenters. The van der Waals surface area contributed by atoms with Gasteiger partial charge in [0, 0.05) is 17.2 Å². The van der Waals surface area contributed by atoms with Gasteiger partial charge in [-0.1, -0.05) is 0 Å². The monoisotopic (exact) mass is 331 g/mol. The van der Waals surface area contributed by atoms with Gasteiger partial charge in [-0.3, -0.25) is 0 Å². The first-order valence-electron chi connectivity index (χ1n) is 5.45. The van der Waals surface area contributed by atoms with Gasteiger partial charge in [0.1, 0.15) is 0 Å². The van der Waals surface area contributed by atoms with Gasteiger partial charge < -0.3 is 9.55 Å². The molecule has 0 aromatic carbocycles. The summed E-state index contributed by atoms with van der Waals surface area (Å²) >= 11 is 10.6. The quantitative estimate of drug-likeness (QED) is 0.664. The summed E-state index contributed by atoms with van der Waals surface area (Å²) in [5.41, 5.74) is 1.94. The zero-order valence-corrected chi connectivity index (χ0v) is 12.8. The number of thioether (sulfide) groups is 1. The summed E-state index contributed by atoms with van der Waals surface area (Å²) in [6, 6.07) is 2.01. The van der Waals surface area contributed by atoms with Crippen LogP contribution in [0.15, 0.2) is 16.7 Å². The SMILES string of the molecule is CSCCCCn1c(=S)[nH]c2cc(Br)cnc21. The highest BCUT2D eigenvalue weighted by atomic mass is 79.9. The van der Waals surface area contributed by atoms with Gasteiger partial charge in [-0.05, 0) is 59.1 Å². The number of fused-ring (bicyclic) bond motifs is 1. The van der Waals surface area contributed by atoms with Crippen molar-refractivity contribution in [3.8, 4) is 0 Å². The second-order valence-corrected chi connectivity index (χ2v) is 6.09. The Morgan fingerprint density at radius 2 is 2.35 bits per heavy atom. The lowest BCUT2D eigenvalue weighted by molar-refractivity contribution is 0.639. The number of aryl methyl sites for hydroxylation is 1. The minimum atomic E-state index is 0.759. The van der Waals surface area contributed by atoms with Crippen molar-refractivity contribution in [2.24, 2.45) is 0 Å². The van der Waals surface area contributed by atoms with E-state index in [4.69, 9.17) is 12.2 Å². The first-order chi connectivity index (χ1) is 8.22. The van der Waals surface area contributed by atoms with E-state index in [0.29, 0.717) is 0 Å². The van der Waals surface area contributed by atoms with E-state index in [0.717, 1.165) is 33.4 Å². The van der Waals surface area contributed by atoms with Gasteiger partial charge in [-0.2, -0.15) is 11.8 Å². The number of nitrogens with one attached hydrogen (secondary N) is 1. The summed E-state index contributed by atoms with van der Waals surface area (Å²) in [6.07, 6.45) is 6.30. The fourth-order valence-electron chi connectivity index (χ4n) is 1.74. The summed E-state index contributed by atoms with van der Waals surface area (Å²) in [6.45, 7) is 0.939. The van der Waals surface area contributed by atoms with E-state index in [1.54, 1.807) is 0 Å². The fourth-order valence-corrected chi connectivity index (χ4v) is 2.85. The topological polar surface area (TPSA) is 33.6 Å². The summed E-state index contributed by atoms with van der Waals surface area (Å²) < 4.78 is 3.81. The van der Waals surface area contributed by atoms with Crippen LogP contribution in [-0.4, -0.2) is 26.5 Å². The summed E-state index contributed by atoms with van der Waals surface area (Å²) in [7, 11) is 0. The highest BCUT2D eigenvalue weighted by molar-refractivity contribution is 9.10. The summed E-state index contributed by atoms with van der Waals surface area (Å²) in [4.78, 5) is 7.60. The average molecular weight is 332 g/mol. The van der Waals surface area contributed by atoms with Crippen LogP contribution in [0.4, 0.5) is 0 Å². The van der Waals surface area contributed by atoms with Crippen LogP contribution in [0.1, 0.15) is 12.8 Å². The molecule has 0 saturated carbocycles. The molecule has 0 aliphatic rings. The van der Waals surface area contributed by atoms with Gasteiger partial charge in [0.2, 0.25) is 0 Å². The first kappa shape index (κ1) is 13.1. The van der Waals surface area contributed by atoms with Crippen LogP contribution in [0, 0.1) is 4.77 Å². The molecule has 3 nitrogen and oxygen atoms in total. The van der Waals surface area contributed by atoms with Crippen LogP contribution in [0.5, 0.6) is 0 Å². The standard InChI is InChI=1S/C11H14BrN3S2/c1-17-5-3-2-4-15-10-9(14-11(15)16)6-8(12)7-13-10/h6-7H,2-5H2,1H3,(H,14,16). The van der Waals surface area contributed by atoms with E-state index in [9.17, 15) is 0 Å². The van der Waals surface area contributed by atoms with Crippen molar-refractivity contribution >= 4 is 51.1 Å². The molecule has 0 saturated heterocycles. The molecule has 0 fully saturated rings. The Hall–Kier alpha value is -0.330. The van der Waals surface area contributed by atoms with Crippen molar-refractivity contribution in [2.45, 2.75) is 19.4 Å². The molecule has 1 N–H and O–H groups in total. The van der Waals surface area contributed by atoms with Crippen LogP contribution < -0.4 is 0 Å². The number of H-pyrrole nitrogens is 1. The number of hydrogen-bond donors (Lipinski definition) is 1. The van der Waals surface area contributed by atoms with E-state index in [1.807, 2.05) is 24.0 Å². The number of nitrogens with zero attached hydrogens (tertiary/aromatic N) is 2. The number of hydrogen-bond acceptors (Lipinski definition) is 3. The van der Waals surface area contributed by atoms with Crippen molar-refractivity contribution in [1.82, 2.24) is 14.5 Å². The van der Waals surface area contributed by atoms with Gasteiger partial charge in [0.15, 0.2) is 10.4 Å². The van der Waals surface area contributed by atoms with E-state index >= 15 is 0 Å². The Labute approximate surface area is 118 Å². The second kappa shape index (κ2) is 6.02. The number of rotatable bonds is 5. The minimum Gasteiger partial charge on any atom is -0.329 e. The number of pyridine rings is 1. The molecule has 0 aliphatic heterocycles. The van der Waals surface area contributed by atoms with E-state index in [1.165, 1.54) is 12.2 Å². The highest BCUT2D eigenvalue weighted by Crippen LogP contribution is 2.17. The molecule has 2 aromatic rings. The van der Waals surface area contributed by atoms with Crippen LogP contribution in [-0.2, 0) is 6.54 Å². The lowest BCUT2D eigenvalue weighted by Gasteiger charge is -2.03. The maximum absolute atomic E-state index is 5.32. The molecule has 2 heterocycles. The zero-order chi connectivity index (χ0) is 12.3. The molecule has 0 radical (unpaired) electrons. The molecular formula is C11H14BrN3S2. The number of imidazole rings is 1. The third kappa shape index (κ3) is 3.11. The molecule has 0 spiro atoms. The average Bonchev–Trinajstić information content (AvgIpc) is 2.60. The fraction of sp³-hybridized carbons (Fsp3) is 0.455. The van der Waals surface area contributed by atoms with Crippen molar-refractivity contribution in [3.63, 3.8) is 0 Å². The van der Waals surface area contributed by atoms with Crippen LogP contribution in [0.2, 0.25) is 0 Å². The lowest BCUT2D eigenvalue weighted by atomic mass is 10.3. The van der Waals surface area contributed by atoms with Crippen LogP contribution >= 0.6 is 39.9 Å². The van der Waals surface area contributed by atoms with Crippen molar-refractivity contribution in [1.29, 1.82) is 0 Å². The molecule has 0 amide bonds. The Morgan fingerprint density at radius 3 is 3.12 bits per heavy atom. The highest BCUT2D eigenvalue weighted by Gasteiger charge is 2.05. The van der Waals surface area contributed by atoms with Crippen LogP contribution in [0.3, 0.4) is 0 Å². The van der Waals surface area contributed by atoms with E-state index in [2.05, 4.69) is 36.7 Å². The third-order valence-corrected chi connectivity index (χ3v) is 4.01. The molecule has 0 aliphatic carbocycles. The predicted octanol–water partition coefficient (Wildman–Crippen LogP) is 4.00. The third-order valence-electron chi connectivity index (χ3n) is 2.56. The molecule has 0 unspecified atom stereocenters. The van der Waals surface area contributed by atoms with Crippen LogP contribution in [0.25, 0.3) is 11.2 Å². The number of aromatic nitrogens is 3. The smallest absolute Gasteiger partial charge is 0.179 e. The Balaban J connectivity index is 2.21. The maximum atomic E-state index is 5.32.